The van der Waals surface area contributed by atoms with Gasteiger partial charge in [0, 0.05) is 5.56 Å². The second-order valence-electron chi connectivity index (χ2n) is 5.01. The first-order valence-electron chi connectivity index (χ1n) is 6.17. The summed E-state index contributed by atoms with van der Waals surface area (Å²) in [5.41, 5.74) is 7.09. The quantitative estimate of drug-likeness (QED) is 0.551. The Morgan fingerprint density at radius 2 is 2.05 bits per heavy atom. The Morgan fingerprint density at radius 3 is 2.58 bits per heavy atom. The molecule has 106 valence electrons. The van der Waals surface area contributed by atoms with Crippen LogP contribution in [0.2, 0.25) is 0 Å². The third kappa shape index (κ3) is 4.55. The van der Waals surface area contributed by atoms with Crippen LogP contribution in [-0.2, 0) is 10.0 Å². The molecule has 0 aliphatic carbocycles. The highest BCUT2D eigenvalue weighted by Gasteiger charge is 2.15. The van der Waals surface area contributed by atoms with Gasteiger partial charge in [-0.15, -0.1) is 0 Å². The molecule has 0 saturated carbocycles. The van der Waals surface area contributed by atoms with E-state index in [9.17, 15) is 8.42 Å². The van der Waals surface area contributed by atoms with E-state index in [2.05, 4.69) is 4.72 Å². The molecule has 0 atom stereocenters. The van der Waals surface area contributed by atoms with E-state index in [0.717, 1.165) is 5.56 Å². The van der Waals surface area contributed by atoms with Crippen LogP contribution < -0.4 is 10.5 Å². The molecule has 0 aliphatic rings. The van der Waals surface area contributed by atoms with Crippen molar-refractivity contribution in [2.75, 3.05) is 10.5 Å². The number of nitrogen functional groups attached to an aromatic ring is 1. The summed E-state index contributed by atoms with van der Waals surface area (Å²) < 4.78 is 26.5. The average Bonchev–Trinajstić information content (AvgIpc) is 2.25. The lowest BCUT2D eigenvalue weighted by atomic mass is 10.1. The van der Waals surface area contributed by atoms with Crippen molar-refractivity contribution in [3.05, 3.63) is 29.3 Å². The Kier molecular flexibility index (Phi) is 4.94. The van der Waals surface area contributed by atoms with E-state index in [0.29, 0.717) is 23.6 Å². The maximum Gasteiger partial charge on any atom is 0.232 e. The SMILES string of the molecule is Cc1cccc(NS(=O)(=O)CCC(C)C)c1C(=N)N. The van der Waals surface area contributed by atoms with E-state index in [4.69, 9.17) is 11.1 Å². The summed E-state index contributed by atoms with van der Waals surface area (Å²) in [4.78, 5) is 0. The van der Waals surface area contributed by atoms with Crippen LogP contribution in [0.25, 0.3) is 0 Å². The number of benzene rings is 1. The van der Waals surface area contributed by atoms with Gasteiger partial charge in [0.25, 0.3) is 0 Å². The standard InChI is InChI=1S/C13H21N3O2S/c1-9(2)7-8-19(17,18)16-11-6-4-5-10(3)12(11)13(14)15/h4-6,9,16H,7-8H2,1-3H3,(H3,14,15). The van der Waals surface area contributed by atoms with Crippen LogP contribution in [0.3, 0.4) is 0 Å². The van der Waals surface area contributed by atoms with Crippen LogP contribution in [0.1, 0.15) is 31.4 Å². The van der Waals surface area contributed by atoms with Crippen LogP contribution in [0, 0.1) is 18.3 Å². The van der Waals surface area contributed by atoms with Crippen LogP contribution >= 0.6 is 0 Å². The van der Waals surface area contributed by atoms with Crippen molar-refractivity contribution in [3.63, 3.8) is 0 Å². The molecule has 1 aromatic rings. The zero-order chi connectivity index (χ0) is 14.6. The zero-order valence-corrected chi connectivity index (χ0v) is 12.3. The van der Waals surface area contributed by atoms with E-state index in [1.54, 1.807) is 25.1 Å². The summed E-state index contributed by atoms with van der Waals surface area (Å²) >= 11 is 0. The summed E-state index contributed by atoms with van der Waals surface area (Å²) in [6.45, 7) is 5.75. The second kappa shape index (κ2) is 6.06. The van der Waals surface area contributed by atoms with E-state index in [1.165, 1.54) is 0 Å². The number of sulfonamides is 1. The third-order valence-electron chi connectivity index (χ3n) is 2.77. The van der Waals surface area contributed by atoms with Gasteiger partial charge in [0.1, 0.15) is 5.84 Å². The molecule has 0 bridgehead atoms. The average molecular weight is 283 g/mol. The number of rotatable bonds is 6. The van der Waals surface area contributed by atoms with Crippen LogP contribution in [0.5, 0.6) is 0 Å². The van der Waals surface area contributed by atoms with Crippen molar-refractivity contribution in [1.82, 2.24) is 0 Å². The van der Waals surface area contributed by atoms with Crippen molar-refractivity contribution in [2.45, 2.75) is 27.2 Å². The Balaban J connectivity index is 3.00. The number of aryl methyl sites for hydroxylation is 1. The maximum atomic E-state index is 12.0. The number of hydrogen-bond donors (Lipinski definition) is 3. The molecule has 0 unspecified atom stereocenters. The number of hydrogen-bond acceptors (Lipinski definition) is 3. The minimum absolute atomic E-state index is 0.0654. The Bertz CT molecular complexity index is 565. The van der Waals surface area contributed by atoms with Crippen LogP contribution in [0.4, 0.5) is 5.69 Å². The monoisotopic (exact) mass is 283 g/mol. The Morgan fingerprint density at radius 1 is 1.42 bits per heavy atom. The smallest absolute Gasteiger partial charge is 0.232 e. The Hall–Kier alpha value is -1.56. The normalized spacial score (nSPS) is 11.6. The highest BCUT2D eigenvalue weighted by molar-refractivity contribution is 7.92. The first kappa shape index (κ1) is 15.5. The molecule has 1 aromatic carbocycles. The summed E-state index contributed by atoms with van der Waals surface area (Å²) in [7, 11) is -3.40. The van der Waals surface area contributed by atoms with E-state index in [1.807, 2.05) is 13.8 Å². The third-order valence-corrected chi connectivity index (χ3v) is 4.08. The van der Waals surface area contributed by atoms with Crippen molar-refractivity contribution < 1.29 is 8.42 Å². The topological polar surface area (TPSA) is 96.0 Å². The number of anilines is 1. The molecule has 0 aromatic heterocycles. The van der Waals surface area contributed by atoms with Crippen LogP contribution in [-0.4, -0.2) is 20.0 Å². The summed E-state index contributed by atoms with van der Waals surface area (Å²) in [5, 5.41) is 7.54. The lowest BCUT2D eigenvalue weighted by Gasteiger charge is -2.14. The maximum absolute atomic E-state index is 12.0. The molecule has 4 N–H and O–H groups in total. The van der Waals surface area contributed by atoms with Gasteiger partial charge in [0.05, 0.1) is 11.4 Å². The van der Waals surface area contributed by atoms with Crippen molar-refractivity contribution in [2.24, 2.45) is 11.7 Å². The van der Waals surface area contributed by atoms with Gasteiger partial charge < -0.3 is 5.73 Å². The zero-order valence-electron chi connectivity index (χ0n) is 11.5. The van der Waals surface area contributed by atoms with Gasteiger partial charge in [-0.05, 0) is 30.9 Å². The fraction of sp³-hybridized carbons (Fsp3) is 0.462. The first-order valence-corrected chi connectivity index (χ1v) is 7.82. The second-order valence-corrected chi connectivity index (χ2v) is 6.86. The van der Waals surface area contributed by atoms with Crippen LogP contribution in [0.15, 0.2) is 18.2 Å². The lowest BCUT2D eigenvalue weighted by molar-refractivity contribution is 0.578. The summed E-state index contributed by atoms with van der Waals surface area (Å²) in [6.07, 6.45) is 0.594. The van der Waals surface area contributed by atoms with Gasteiger partial charge in [-0.2, -0.15) is 0 Å². The highest BCUT2D eigenvalue weighted by Crippen LogP contribution is 2.20. The molecule has 0 aliphatic heterocycles. The van der Waals surface area contributed by atoms with Crippen molar-refractivity contribution in [1.29, 1.82) is 5.41 Å². The molecule has 0 radical (unpaired) electrons. The lowest BCUT2D eigenvalue weighted by Crippen LogP contribution is -2.22. The largest absolute Gasteiger partial charge is 0.384 e. The minimum atomic E-state index is -3.40. The van der Waals surface area contributed by atoms with Gasteiger partial charge in [-0.25, -0.2) is 8.42 Å². The molecule has 6 heteroatoms. The van der Waals surface area contributed by atoms with Gasteiger partial charge >= 0.3 is 0 Å². The van der Waals surface area contributed by atoms with Crippen molar-refractivity contribution >= 4 is 21.5 Å². The molecule has 19 heavy (non-hydrogen) atoms. The molecule has 1 rings (SSSR count). The van der Waals surface area contributed by atoms with Gasteiger partial charge in [0.2, 0.25) is 10.0 Å². The summed E-state index contributed by atoms with van der Waals surface area (Å²) in [5.74, 6) is 0.247. The van der Waals surface area contributed by atoms with Gasteiger partial charge in [0.15, 0.2) is 0 Å². The van der Waals surface area contributed by atoms with Gasteiger partial charge in [-0.3, -0.25) is 10.1 Å². The highest BCUT2D eigenvalue weighted by atomic mass is 32.2. The van der Waals surface area contributed by atoms with Gasteiger partial charge in [-0.1, -0.05) is 26.0 Å². The molecule has 0 heterocycles. The van der Waals surface area contributed by atoms with E-state index >= 15 is 0 Å². The molecule has 0 amide bonds. The molecule has 0 spiro atoms. The van der Waals surface area contributed by atoms with E-state index < -0.39 is 10.0 Å². The Labute approximate surface area is 114 Å². The fourth-order valence-corrected chi connectivity index (χ4v) is 3.11. The number of amidine groups is 1. The molecular formula is C13H21N3O2S. The van der Waals surface area contributed by atoms with Crippen molar-refractivity contribution in [3.8, 4) is 0 Å². The molecule has 0 saturated heterocycles. The molecule has 0 fully saturated rings. The predicted molar refractivity (Wildman–Crippen MR) is 79.1 cm³/mol. The first-order chi connectivity index (χ1) is 8.73. The number of nitrogens with two attached hydrogens (primary N) is 1. The predicted octanol–water partition coefficient (Wildman–Crippen LogP) is 2.07. The fourth-order valence-electron chi connectivity index (χ4n) is 1.72. The summed E-state index contributed by atoms with van der Waals surface area (Å²) in [6, 6.07) is 5.15. The van der Waals surface area contributed by atoms with E-state index in [-0.39, 0.29) is 11.6 Å². The minimum Gasteiger partial charge on any atom is -0.384 e. The molecular weight excluding hydrogens is 262 g/mol. The molecule has 5 nitrogen and oxygen atoms in total. The number of nitrogens with one attached hydrogen (secondary N) is 2.